The fourth-order valence-corrected chi connectivity index (χ4v) is 1.14. The summed E-state index contributed by atoms with van der Waals surface area (Å²) in [5.41, 5.74) is 1.65. The van der Waals surface area contributed by atoms with Crippen molar-refractivity contribution in [2.75, 3.05) is 13.6 Å². The van der Waals surface area contributed by atoms with Crippen molar-refractivity contribution < 1.29 is 9.90 Å². The highest BCUT2D eigenvalue weighted by molar-refractivity contribution is 5.64. The lowest BCUT2D eigenvalue weighted by Crippen LogP contribution is -2.26. The molecule has 4 nitrogen and oxygen atoms in total. The number of nitriles is 1. The van der Waals surface area contributed by atoms with Gasteiger partial charge in [-0.15, -0.1) is 0 Å². The Bertz CT molecular complexity index is 379. The maximum absolute atomic E-state index is 10.5. The summed E-state index contributed by atoms with van der Waals surface area (Å²) in [5, 5.41) is 17.2. The lowest BCUT2D eigenvalue weighted by molar-refractivity contribution is 0.156. The Balaban J connectivity index is 2.52. The van der Waals surface area contributed by atoms with Crippen molar-refractivity contribution in [3.8, 4) is 6.07 Å². The predicted octanol–water partition coefficient (Wildman–Crippen LogP) is 1.71. The zero-order valence-corrected chi connectivity index (χ0v) is 8.47. The van der Waals surface area contributed by atoms with Crippen LogP contribution in [0.2, 0.25) is 0 Å². The standard InChI is InChI=1S/C11H12N2O2/c1-13(11(14)15)7-6-9-2-4-10(8-12)5-3-9/h2-5H,6-7H2,1H3,(H,14,15). The summed E-state index contributed by atoms with van der Waals surface area (Å²) in [6, 6.07) is 9.18. The Labute approximate surface area is 88.4 Å². The van der Waals surface area contributed by atoms with Gasteiger partial charge in [0, 0.05) is 13.6 Å². The van der Waals surface area contributed by atoms with Gasteiger partial charge in [0.15, 0.2) is 0 Å². The molecular weight excluding hydrogens is 192 g/mol. The molecule has 0 aromatic heterocycles. The van der Waals surface area contributed by atoms with E-state index in [-0.39, 0.29) is 0 Å². The van der Waals surface area contributed by atoms with E-state index in [0.717, 1.165) is 5.56 Å². The summed E-state index contributed by atoms with van der Waals surface area (Å²) in [5.74, 6) is 0. The zero-order chi connectivity index (χ0) is 11.3. The second kappa shape index (κ2) is 5.01. The van der Waals surface area contributed by atoms with Gasteiger partial charge in [-0.1, -0.05) is 12.1 Å². The van der Waals surface area contributed by atoms with E-state index >= 15 is 0 Å². The van der Waals surface area contributed by atoms with Crippen molar-refractivity contribution in [3.63, 3.8) is 0 Å². The first-order chi connectivity index (χ1) is 7.13. The minimum atomic E-state index is -0.927. The molecule has 1 aromatic carbocycles. The van der Waals surface area contributed by atoms with Gasteiger partial charge in [0.2, 0.25) is 0 Å². The summed E-state index contributed by atoms with van der Waals surface area (Å²) in [7, 11) is 1.53. The van der Waals surface area contributed by atoms with Crippen LogP contribution in [0.3, 0.4) is 0 Å². The van der Waals surface area contributed by atoms with Crippen LogP contribution in [-0.4, -0.2) is 29.7 Å². The molecule has 0 radical (unpaired) electrons. The molecule has 0 saturated carbocycles. The van der Waals surface area contributed by atoms with E-state index < -0.39 is 6.09 Å². The molecule has 1 amide bonds. The molecule has 0 bridgehead atoms. The van der Waals surface area contributed by atoms with Crippen molar-refractivity contribution in [2.24, 2.45) is 0 Å². The number of rotatable bonds is 3. The molecule has 15 heavy (non-hydrogen) atoms. The monoisotopic (exact) mass is 204 g/mol. The van der Waals surface area contributed by atoms with E-state index in [9.17, 15) is 4.79 Å². The summed E-state index contributed by atoms with van der Waals surface area (Å²) >= 11 is 0. The normalized spacial score (nSPS) is 9.33. The van der Waals surface area contributed by atoms with Gasteiger partial charge in [0.1, 0.15) is 0 Å². The van der Waals surface area contributed by atoms with E-state index in [4.69, 9.17) is 10.4 Å². The van der Waals surface area contributed by atoms with E-state index in [2.05, 4.69) is 0 Å². The lowest BCUT2D eigenvalue weighted by atomic mass is 10.1. The molecule has 0 aliphatic carbocycles. The van der Waals surface area contributed by atoms with Gasteiger partial charge >= 0.3 is 6.09 Å². The van der Waals surface area contributed by atoms with Crippen LogP contribution < -0.4 is 0 Å². The van der Waals surface area contributed by atoms with Crippen LogP contribution in [0.4, 0.5) is 4.79 Å². The van der Waals surface area contributed by atoms with Crippen molar-refractivity contribution in [3.05, 3.63) is 35.4 Å². The van der Waals surface area contributed by atoms with E-state index in [0.29, 0.717) is 18.5 Å². The van der Waals surface area contributed by atoms with E-state index in [1.807, 2.05) is 18.2 Å². The van der Waals surface area contributed by atoms with Gasteiger partial charge in [0.05, 0.1) is 11.6 Å². The number of carbonyl (C=O) groups is 1. The largest absolute Gasteiger partial charge is 0.465 e. The van der Waals surface area contributed by atoms with Gasteiger partial charge in [-0.05, 0) is 24.1 Å². The molecule has 1 N–H and O–H groups in total. The molecule has 0 aliphatic rings. The van der Waals surface area contributed by atoms with Crippen LogP contribution in [0.15, 0.2) is 24.3 Å². The molecule has 0 heterocycles. The minimum absolute atomic E-state index is 0.460. The first kappa shape index (κ1) is 11.1. The number of amides is 1. The average molecular weight is 204 g/mol. The minimum Gasteiger partial charge on any atom is -0.465 e. The molecule has 0 spiro atoms. The second-order valence-corrected chi connectivity index (χ2v) is 3.26. The van der Waals surface area contributed by atoms with Gasteiger partial charge in [-0.2, -0.15) is 5.26 Å². The highest BCUT2D eigenvalue weighted by Crippen LogP contribution is 2.04. The maximum atomic E-state index is 10.5. The van der Waals surface area contributed by atoms with Crippen LogP contribution in [0, 0.1) is 11.3 Å². The third kappa shape index (κ3) is 3.31. The second-order valence-electron chi connectivity index (χ2n) is 3.26. The lowest BCUT2D eigenvalue weighted by Gasteiger charge is -2.12. The van der Waals surface area contributed by atoms with Crippen molar-refractivity contribution >= 4 is 6.09 Å². The number of likely N-dealkylation sites (N-methyl/N-ethyl adjacent to an activating group) is 1. The predicted molar refractivity (Wildman–Crippen MR) is 55.5 cm³/mol. The maximum Gasteiger partial charge on any atom is 0.407 e. The molecule has 1 rings (SSSR count). The average Bonchev–Trinajstić information content (AvgIpc) is 2.26. The third-order valence-electron chi connectivity index (χ3n) is 2.15. The molecule has 4 heteroatoms. The summed E-state index contributed by atoms with van der Waals surface area (Å²) < 4.78 is 0. The molecule has 0 unspecified atom stereocenters. The molecule has 0 atom stereocenters. The quantitative estimate of drug-likeness (QED) is 0.815. The number of hydrogen-bond acceptors (Lipinski definition) is 2. The summed E-state index contributed by atoms with van der Waals surface area (Å²) in [4.78, 5) is 11.7. The van der Waals surface area contributed by atoms with Crippen LogP contribution in [0.5, 0.6) is 0 Å². The van der Waals surface area contributed by atoms with Gasteiger partial charge in [-0.3, -0.25) is 0 Å². The molecular formula is C11H12N2O2. The van der Waals surface area contributed by atoms with Crippen molar-refractivity contribution in [1.29, 1.82) is 5.26 Å². The van der Waals surface area contributed by atoms with Crippen molar-refractivity contribution in [1.82, 2.24) is 4.90 Å². The van der Waals surface area contributed by atoms with Gasteiger partial charge < -0.3 is 10.0 Å². The topological polar surface area (TPSA) is 64.3 Å². The first-order valence-corrected chi connectivity index (χ1v) is 4.56. The van der Waals surface area contributed by atoms with Crippen LogP contribution >= 0.6 is 0 Å². The Morgan fingerprint density at radius 3 is 2.53 bits per heavy atom. The van der Waals surface area contributed by atoms with Crippen molar-refractivity contribution in [2.45, 2.75) is 6.42 Å². The number of carboxylic acid groups (broad SMARTS) is 1. The Morgan fingerprint density at radius 1 is 1.47 bits per heavy atom. The summed E-state index contributed by atoms with van der Waals surface area (Å²) in [6.07, 6.45) is -0.266. The number of nitrogens with zero attached hydrogens (tertiary/aromatic N) is 2. The SMILES string of the molecule is CN(CCc1ccc(C#N)cc1)C(=O)O. The number of hydrogen-bond donors (Lipinski definition) is 1. The molecule has 78 valence electrons. The van der Waals surface area contributed by atoms with E-state index in [1.165, 1.54) is 11.9 Å². The fraction of sp³-hybridized carbons (Fsp3) is 0.273. The third-order valence-corrected chi connectivity index (χ3v) is 2.15. The van der Waals surface area contributed by atoms with E-state index in [1.54, 1.807) is 12.1 Å². The summed E-state index contributed by atoms with van der Waals surface area (Å²) in [6.45, 7) is 0.460. The molecule has 0 aliphatic heterocycles. The van der Waals surface area contributed by atoms with Gasteiger partial charge in [-0.25, -0.2) is 4.79 Å². The first-order valence-electron chi connectivity index (χ1n) is 4.56. The number of benzene rings is 1. The zero-order valence-electron chi connectivity index (χ0n) is 8.47. The molecule has 1 aromatic rings. The van der Waals surface area contributed by atoms with Crippen LogP contribution in [0.25, 0.3) is 0 Å². The Morgan fingerprint density at radius 2 is 2.07 bits per heavy atom. The van der Waals surface area contributed by atoms with Crippen LogP contribution in [0.1, 0.15) is 11.1 Å². The smallest absolute Gasteiger partial charge is 0.407 e. The Hall–Kier alpha value is -2.02. The highest BCUT2D eigenvalue weighted by atomic mass is 16.4. The fourth-order valence-electron chi connectivity index (χ4n) is 1.14. The molecule has 0 saturated heterocycles. The van der Waals surface area contributed by atoms with Gasteiger partial charge in [0.25, 0.3) is 0 Å². The Kier molecular flexibility index (Phi) is 3.69. The highest BCUT2D eigenvalue weighted by Gasteiger charge is 2.04. The van der Waals surface area contributed by atoms with Crippen LogP contribution in [-0.2, 0) is 6.42 Å². The molecule has 0 fully saturated rings.